The lowest BCUT2D eigenvalue weighted by atomic mass is 10.2. The maximum absolute atomic E-state index is 11.5. The van der Waals surface area contributed by atoms with Crippen molar-refractivity contribution >= 4 is 22.8 Å². The fourth-order valence-corrected chi connectivity index (χ4v) is 2.38. The number of hydrogen-bond donors (Lipinski definition) is 4. The van der Waals surface area contributed by atoms with Crippen LogP contribution in [-0.4, -0.2) is 44.7 Å². The van der Waals surface area contributed by atoms with E-state index >= 15 is 0 Å². The van der Waals surface area contributed by atoms with Crippen LogP contribution in [0, 0.1) is 0 Å². The first-order valence-corrected chi connectivity index (χ1v) is 7.53. The average Bonchev–Trinajstić information content (AvgIpc) is 2.81. The van der Waals surface area contributed by atoms with E-state index in [0.29, 0.717) is 24.1 Å². The van der Waals surface area contributed by atoms with E-state index in [9.17, 15) is 9.90 Å². The number of aromatic nitrogens is 3. The minimum absolute atomic E-state index is 0.170. The van der Waals surface area contributed by atoms with Crippen LogP contribution >= 0.6 is 11.8 Å². The lowest BCUT2D eigenvalue weighted by molar-refractivity contribution is 0.168. The summed E-state index contributed by atoms with van der Waals surface area (Å²) in [5, 5.41) is 12.9. The Morgan fingerprint density at radius 2 is 2.37 bits per heavy atom. The molecule has 0 saturated heterocycles. The molecule has 6 nitrogen and oxygen atoms in total. The Bertz CT molecular complexity index is 580. The van der Waals surface area contributed by atoms with Crippen LogP contribution in [0.3, 0.4) is 0 Å². The zero-order chi connectivity index (χ0) is 13.7. The summed E-state index contributed by atoms with van der Waals surface area (Å²) in [6.45, 7) is 1.11. The van der Waals surface area contributed by atoms with Crippen LogP contribution in [0.4, 0.5) is 0 Å². The minimum atomic E-state index is -0.339. The van der Waals surface area contributed by atoms with Gasteiger partial charge in [-0.05, 0) is 18.4 Å². The minimum Gasteiger partial charge on any atom is -0.392 e. The first-order valence-electron chi connectivity index (χ1n) is 6.13. The van der Waals surface area contributed by atoms with Gasteiger partial charge in [0.05, 0.1) is 17.9 Å². The summed E-state index contributed by atoms with van der Waals surface area (Å²) in [5.74, 6) is 0.951. The number of hydrogen-bond acceptors (Lipinski definition) is 5. The Balaban J connectivity index is 1.92. The quantitative estimate of drug-likeness (QED) is 0.592. The zero-order valence-corrected chi connectivity index (χ0v) is 11.6. The molecule has 0 radical (unpaired) electrons. The van der Waals surface area contributed by atoms with Gasteiger partial charge in [0, 0.05) is 24.8 Å². The van der Waals surface area contributed by atoms with Crippen LogP contribution in [0.5, 0.6) is 0 Å². The molecule has 2 rings (SSSR count). The van der Waals surface area contributed by atoms with Gasteiger partial charge in [-0.3, -0.25) is 4.79 Å². The number of aromatic amines is 2. The molecule has 2 aromatic heterocycles. The molecule has 2 aromatic rings. The summed E-state index contributed by atoms with van der Waals surface area (Å²) < 4.78 is 0. The van der Waals surface area contributed by atoms with Gasteiger partial charge >= 0.3 is 0 Å². The fourth-order valence-electron chi connectivity index (χ4n) is 1.87. The van der Waals surface area contributed by atoms with Gasteiger partial charge in [0.2, 0.25) is 0 Å². The maximum Gasteiger partial charge on any atom is 0.275 e. The van der Waals surface area contributed by atoms with E-state index in [0.717, 1.165) is 17.7 Å². The van der Waals surface area contributed by atoms with Crippen molar-refractivity contribution in [2.75, 3.05) is 18.6 Å². The highest BCUT2D eigenvalue weighted by Gasteiger charge is 2.08. The second-order valence-electron chi connectivity index (χ2n) is 4.34. The van der Waals surface area contributed by atoms with Crippen molar-refractivity contribution in [3.8, 4) is 0 Å². The molecular weight excluding hydrogens is 264 g/mol. The van der Waals surface area contributed by atoms with Gasteiger partial charge in [-0.25, -0.2) is 4.98 Å². The van der Waals surface area contributed by atoms with Crippen LogP contribution in [0.2, 0.25) is 0 Å². The number of nitrogens with zero attached hydrogens (tertiary/aromatic N) is 1. The number of aliphatic hydroxyl groups is 1. The first-order chi connectivity index (χ1) is 9.22. The highest BCUT2D eigenvalue weighted by molar-refractivity contribution is 7.98. The predicted molar refractivity (Wildman–Crippen MR) is 77.4 cm³/mol. The number of thioether (sulfide) groups is 1. The second kappa shape index (κ2) is 6.74. The van der Waals surface area contributed by atoms with E-state index in [4.69, 9.17) is 0 Å². The lowest BCUT2D eigenvalue weighted by Crippen LogP contribution is -2.26. The molecule has 0 fully saturated rings. The molecule has 0 saturated carbocycles. The third kappa shape index (κ3) is 3.59. The number of aliphatic hydroxyl groups excluding tert-OH is 1. The fraction of sp³-hybridized carbons (Fsp3) is 0.500. The molecule has 0 aliphatic rings. The Labute approximate surface area is 115 Å². The molecule has 0 aromatic carbocycles. The van der Waals surface area contributed by atoms with E-state index in [1.54, 1.807) is 18.0 Å². The Morgan fingerprint density at radius 1 is 1.53 bits per heavy atom. The zero-order valence-electron chi connectivity index (χ0n) is 10.8. The lowest BCUT2D eigenvalue weighted by Gasteiger charge is -2.10. The Morgan fingerprint density at radius 3 is 3.16 bits per heavy atom. The summed E-state index contributed by atoms with van der Waals surface area (Å²) in [6, 6.07) is 0. The van der Waals surface area contributed by atoms with E-state index < -0.39 is 0 Å². The van der Waals surface area contributed by atoms with Gasteiger partial charge in [0.1, 0.15) is 5.52 Å². The van der Waals surface area contributed by atoms with Crippen LogP contribution in [-0.2, 0) is 6.54 Å². The predicted octanol–water partition coefficient (Wildman–Crippen LogP) is 0.455. The summed E-state index contributed by atoms with van der Waals surface area (Å²) in [5.41, 5.74) is 1.92. The molecule has 0 unspecified atom stereocenters. The number of fused-ring (bicyclic) bond motifs is 1. The molecule has 104 valence electrons. The van der Waals surface area contributed by atoms with Crippen LogP contribution in [0.15, 0.2) is 17.3 Å². The molecule has 19 heavy (non-hydrogen) atoms. The van der Waals surface area contributed by atoms with Crippen molar-refractivity contribution in [2.24, 2.45) is 0 Å². The summed E-state index contributed by atoms with van der Waals surface area (Å²) in [7, 11) is 0. The molecule has 7 heteroatoms. The molecule has 0 aliphatic heterocycles. The maximum atomic E-state index is 11.5. The van der Waals surface area contributed by atoms with E-state index in [-0.39, 0.29) is 11.7 Å². The summed E-state index contributed by atoms with van der Waals surface area (Å²) in [6.07, 6.45) is 5.63. The third-order valence-corrected chi connectivity index (χ3v) is 3.54. The molecule has 0 aliphatic carbocycles. The molecule has 1 atom stereocenters. The van der Waals surface area contributed by atoms with Gasteiger partial charge in [-0.15, -0.1) is 0 Å². The summed E-state index contributed by atoms with van der Waals surface area (Å²) >= 11 is 1.72. The van der Waals surface area contributed by atoms with Crippen LogP contribution in [0.1, 0.15) is 12.0 Å². The van der Waals surface area contributed by atoms with Gasteiger partial charge in [0.25, 0.3) is 5.56 Å². The van der Waals surface area contributed by atoms with Crippen molar-refractivity contribution in [3.05, 3.63) is 28.4 Å². The average molecular weight is 282 g/mol. The molecule has 2 heterocycles. The normalized spacial score (nSPS) is 12.9. The second-order valence-corrected chi connectivity index (χ2v) is 5.32. The van der Waals surface area contributed by atoms with Crippen molar-refractivity contribution in [1.82, 2.24) is 20.3 Å². The molecule has 0 spiro atoms. The SMILES string of the molecule is CSCC[C@H](O)CNCc1c[nH]c2c(=O)[nH]cnc12. The topological polar surface area (TPSA) is 93.8 Å². The third-order valence-electron chi connectivity index (χ3n) is 2.90. The highest BCUT2D eigenvalue weighted by atomic mass is 32.2. The molecule has 4 N–H and O–H groups in total. The van der Waals surface area contributed by atoms with Crippen molar-refractivity contribution in [3.63, 3.8) is 0 Å². The number of H-pyrrole nitrogens is 2. The van der Waals surface area contributed by atoms with E-state index in [1.165, 1.54) is 6.33 Å². The number of rotatable bonds is 7. The van der Waals surface area contributed by atoms with Crippen molar-refractivity contribution in [1.29, 1.82) is 0 Å². The van der Waals surface area contributed by atoms with Gasteiger partial charge in [-0.2, -0.15) is 11.8 Å². The highest BCUT2D eigenvalue weighted by Crippen LogP contribution is 2.10. The van der Waals surface area contributed by atoms with Crippen LogP contribution in [0.25, 0.3) is 11.0 Å². The largest absolute Gasteiger partial charge is 0.392 e. The van der Waals surface area contributed by atoms with E-state index in [2.05, 4.69) is 20.3 Å². The van der Waals surface area contributed by atoms with Gasteiger partial charge in [-0.1, -0.05) is 0 Å². The smallest absolute Gasteiger partial charge is 0.275 e. The van der Waals surface area contributed by atoms with Gasteiger partial charge in [0.15, 0.2) is 0 Å². The monoisotopic (exact) mass is 282 g/mol. The van der Waals surface area contributed by atoms with Crippen molar-refractivity contribution < 1.29 is 5.11 Å². The molecular formula is C12H18N4O2S. The van der Waals surface area contributed by atoms with Crippen LogP contribution < -0.4 is 10.9 Å². The number of nitrogens with one attached hydrogen (secondary N) is 3. The summed E-state index contributed by atoms with van der Waals surface area (Å²) in [4.78, 5) is 21.1. The Kier molecular flexibility index (Phi) is 5.00. The van der Waals surface area contributed by atoms with Gasteiger partial charge < -0.3 is 20.4 Å². The molecule has 0 bridgehead atoms. The Hall–Kier alpha value is -1.31. The standard InChI is InChI=1S/C12H18N4O2S/c1-19-3-2-9(17)6-13-4-8-5-14-11-10(8)15-7-16-12(11)18/h5,7,9,13-14,17H,2-4,6H2,1H3,(H,15,16,18)/t9-/m0/s1. The van der Waals surface area contributed by atoms with Crippen molar-refractivity contribution in [2.45, 2.75) is 19.1 Å². The van der Waals surface area contributed by atoms with E-state index in [1.807, 2.05) is 6.26 Å². The first kappa shape index (κ1) is 14.1. The molecule has 0 amide bonds.